The molecule has 0 bridgehead atoms. The van der Waals surface area contributed by atoms with Gasteiger partial charge in [-0.25, -0.2) is 4.98 Å². The van der Waals surface area contributed by atoms with E-state index in [2.05, 4.69) is 41.1 Å². The molecule has 164 valence electrons. The second-order valence-electron chi connectivity index (χ2n) is 8.30. The molecule has 1 aliphatic carbocycles. The number of rotatable bonds is 6. The van der Waals surface area contributed by atoms with Gasteiger partial charge in [0.25, 0.3) is 0 Å². The Bertz CT molecular complexity index is 1130. The van der Waals surface area contributed by atoms with Gasteiger partial charge in [-0.2, -0.15) is 0 Å². The van der Waals surface area contributed by atoms with Gasteiger partial charge in [0, 0.05) is 23.9 Å². The Kier molecular flexibility index (Phi) is 6.40. The molecule has 4 N–H and O–H groups in total. The van der Waals surface area contributed by atoms with Crippen molar-refractivity contribution in [2.24, 2.45) is 11.7 Å². The van der Waals surface area contributed by atoms with E-state index in [1.807, 2.05) is 24.3 Å². The molecule has 2 aromatic carbocycles. The molecule has 6 nitrogen and oxygen atoms in total. The fourth-order valence-corrected chi connectivity index (χ4v) is 4.10. The van der Waals surface area contributed by atoms with Crippen LogP contribution >= 0.6 is 0 Å². The van der Waals surface area contributed by atoms with E-state index in [1.54, 1.807) is 23.9 Å². The normalized spacial score (nSPS) is 19.3. The number of aliphatic hydroxyl groups excluding tert-OH is 2. The summed E-state index contributed by atoms with van der Waals surface area (Å²) in [6, 6.07) is 15.9. The zero-order valence-corrected chi connectivity index (χ0v) is 18.0. The Hall–Kier alpha value is -3.40. The summed E-state index contributed by atoms with van der Waals surface area (Å²) in [4.78, 5) is 15.3. The highest BCUT2D eigenvalue weighted by Crippen LogP contribution is 2.41. The maximum Gasteiger partial charge on any atom is 0.220 e. The van der Waals surface area contributed by atoms with Crippen molar-refractivity contribution in [3.05, 3.63) is 77.9 Å². The van der Waals surface area contributed by atoms with E-state index in [-0.39, 0.29) is 18.4 Å². The number of aromatic nitrogens is 2. The molecule has 1 amide bonds. The average molecular weight is 430 g/mol. The molecule has 1 heterocycles. The molecule has 1 fully saturated rings. The highest BCUT2D eigenvalue weighted by Gasteiger charge is 2.33. The van der Waals surface area contributed by atoms with Crippen LogP contribution in [0.2, 0.25) is 0 Å². The lowest BCUT2D eigenvalue weighted by Gasteiger charge is -2.33. The predicted molar refractivity (Wildman–Crippen MR) is 122 cm³/mol. The number of benzene rings is 2. The standard InChI is InChI=1S/C26H27N3O3/c1-17(31)26-28-12-13-29(26)24(16-30)11-4-18-2-5-19(6-3-18)20-7-9-21(10-8-20)22-14-23(15-22)25(27)32/h2-3,5-10,12-13,17,22-24,30-31H,14-16H2,1H3,(H2,27,32)/t17-,22?,23?,24-/m0/s1. The smallest absolute Gasteiger partial charge is 0.220 e. The zero-order chi connectivity index (χ0) is 22.7. The van der Waals surface area contributed by atoms with Gasteiger partial charge < -0.3 is 20.5 Å². The molecule has 4 rings (SSSR count). The van der Waals surface area contributed by atoms with Crippen molar-refractivity contribution in [2.45, 2.75) is 37.8 Å². The van der Waals surface area contributed by atoms with Crippen LogP contribution in [0.15, 0.2) is 60.9 Å². The van der Waals surface area contributed by atoms with E-state index in [0.717, 1.165) is 29.5 Å². The largest absolute Gasteiger partial charge is 0.393 e. The zero-order valence-electron chi connectivity index (χ0n) is 18.0. The highest BCUT2D eigenvalue weighted by atomic mass is 16.3. The van der Waals surface area contributed by atoms with Gasteiger partial charge in [-0.15, -0.1) is 0 Å². The quantitative estimate of drug-likeness (QED) is 0.524. The van der Waals surface area contributed by atoms with Crippen molar-refractivity contribution < 1.29 is 15.0 Å². The van der Waals surface area contributed by atoms with Gasteiger partial charge in [0.05, 0.1) is 6.61 Å². The second-order valence-corrected chi connectivity index (χ2v) is 8.30. The van der Waals surface area contributed by atoms with E-state index in [0.29, 0.717) is 11.7 Å². The summed E-state index contributed by atoms with van der Waals surface area (Å²) in [6.07, 6.45) is 4.25. The van der Waals surface area contributed by atoms with Gasteiger partial charge in [0.15, 0.2) is 0 Å². The summed E-state index contributed by atoms with van der Waals surface area (Å²) in [5.41, 5.74) is 9.67. The Labute approximate surface area is 187 Å². The van der Waals surface area contributed by atoms with Crippen LogP contribution in [-0.4, -0.2) is 32.3 Å². The lowest BCUT2D eigenvalue weighted by molar-refractivity contribution is -0.124. The molecule has 3 aromatic rings. The van der Waals surface area contributed by atoms with Gasteiger partial charge in [-0.1, -0.05) is 48.2 Å². The molecule has 1 saturated carbocycles. The number of carbonyl (C=O) groups is 1. The van der Waals surface area contributed by atoms with Crippen LogP contribution in [0.25, 0.3) is 11.1 Å². The first kappa shape index (κ1) is 21.8. The van der Waals surface area contributed by atoms with Crippen molar-refractivity contribution in [3.63, 3.8) is 0 Å². The Morgan fingerprint density at radius 2 is 1.78 bits per heavy atom. The summed E-state index contributed by atoms with van der Waals surface area (Å²) in [6.45, 7) is 1.46. The summed E-state index contributed by atoms with van der Waals surface area (Å²) in [5.74, 6) is 6.89. The van der Waals surface area contributed by atoms with Crippen molar-refractivity contribution in [1.82, 2.24) is 9.55 Å². The summed E-state index contributed by atoms with van der Waals surface area (Å²) in [5, 5.41) is 19.6. The van der Waals surface area contributed by atoms with Crippen LogP contribution in [0.1, 0.15) is 54.8 Å². The van der Waals surface area contributed by atoms with Crippen molar-refractivity contribution in [3.8, 4) is 23.0 Å². The van der Waals surface area contributed by atoms with E-state index in [9.17, 15) is 15.0 Å². The van der Waals surface area contributed by atoms with Gasteiger partial charge in [0.1, 0.15) is 18.0 Å². The predicted octanol–water partition coefficient (Wildman–Crippen LogP) is 3.17. The van der Waals surface area contributed by atoms with E-state index >= 15 is 0 Å². The molecule has 1 aliphatic rings. The van der Waals surface area contributed by atoms with Gasteiger partial charge >= 0.3 is 0 Å². The van der Waals surface area contributed by atoms with Crippen molar-refractivity contribution in [2.75, 3.05) is 6.61 Å². The molecule has 1 aromatic heterocycles. The van der Waals surface area contributed by atoms with Crippen LogP contribution in [0.3, 0.4) is 0 Å². The first-order valence-electron chi connectivity index (χ1n) is 10.8. The fraction of sp³-hybridized carbons (Fsp3) is 0.308. The molecule has 0 saturated heterocycles. The number of hydrogen-bond donors (Lipinski definition) is 3. The molecule has 0 aliphatic heterocycles. The molecule has 2 atom stereocenters. The lowest BCUT2D eigenvalue weighted by Crippen LogP contribution is -2.33. The number of carbonyl (C=O) groups excluding carboxylic acids is 1. The molecule has 6 heteroatoms. The second kappa shape index (κ2) is 9.39. The number of aliphatic hydroxyl groups is 2. The van der Waals surface area contributed by atoms with E-state index in [1.165, 1.54) is 5.56 Å². The topological polar surface area (TPSA) is 101 Å². The fourth-order valence-electron chi connectivity index (χ4n) is 4.10. The van der Waals surface area contributed by atoms with E-state index < -0.39 is 12.1 Å². The van der Waals surface area contributed by atoms with E-state index in [4.69, 9.17) is 5.73 Å². The maximum atomic E-state index is 11.2. The number of primary amides is 1. The average Bonchev–Trinajstić information content (AvgIpc) is 3.24. The third-order valence-electron chi connectivity index (χ3n) is 6.10. The molecule has 0 spiro atoms. The summed E-state index contributed by atoms with van der Waals surface area (Å²) < 4.78 is 1.70. The third kappa shape index (κ3) is 4.59. The number of hydrogen-bond acceptors (Lipinski definition) is 4. The first-order chi connectivity index (χ1) is 15.5. The van der Waals surface area contributed by atoms with Crippen LogP contribution in [0, 0.1) is 17.8 Å². The van der Waals surface area contributed by atoms with Crippen LogP contribution < -0.4 is 5.73 Å². The van der Waals surface area contributed by atoms with Gasteiger partial charge in [0.2, 0.25) is 5.91 Å². The maximum absolute atomic E-state index is 11.2. The molecular weight excluding hydrogens is 402 g/mol. The third-order valence-corrected chi connectivity index (χ3v) is 6.10. The SMILES string of the molecule is C[C@H](O)c1nccn1[C@@H](C#Cc1ccc(-c2ccc(C3CC(C(N)=O)C3)cc2)cc1)CO. The summed E-state index contributed by atoms with van der Waals surface area (Å²) in [7, 11) is 0. The Morgan fingerprint density at radius 3 is 2.34 bits per heavy atom. The number of amides is 1. The minimum Gasteiger partial charge on any atom is -0.393 e. The first-order valence-corrected chi connectivity index (χ1v) is 10.8. The minimum atomic E-state index is -0.736. The lowest BCUT2D eigenvalue weighted by atomic mass is 9.71. The Morgan fingerprint density at radius 1 is 1.16 bits per heavy atom. The molecule has 0 unspecified atom stereocenters. The minimum absolute atomic E-state index is 0.0196. The number of nitrogens with two attached hydrogens (primary N) is 1. The summed E-state index contributed by atoms with van der Waals surface area (Å²) >= 11 is 0. The van der Waals surface area contributed by atoms with Crippen molar-refractivity contribution in [1.29, 1.82) is 0 Å². The van der Waals surface area contributed by atoms with Crippen LogP contribution in [0.4, 0.5) is 0 Å². The highest BCUT2D eigenvalue weighted by molar-refractivity contribution is 5.78. The van der Waals surface area contributed by atoms with Gasteiger partial charge in [-0.05, 0) is 54.5 Å². The molecule has 32 heavy (non-hydrogen) atoms. The number of nitrogens with zero attached hydrogens (tertiary/aromatic N) is 2. The molecular formula is C26H27N3O3. The van der Waals surface area contributed by atoms with Gasteiger partial charge in [-0.3, -0.25) is 4.79 Å². The number of imidazole rings is 1. The Balaban J connectivity index is 1.44. The van der Waals surface area contributed by atoms with Crippen LogP contribution in [0.5, 0.6) is 0 Å². The molecule has 0 radical (unpaired) electrons. The van der Waals surface area contributed by atoms with Crippen molar-refractivity contribution >= 4 is 5.91 Å². The van der Waals surface area contributed by atoms with Crippen LogP contribution in [-0.2, 0) is 4.79 Å². The monoisotopic (exact) mass is 429 g/mol.